The van der Waals surface area contributed by atoms with Crippen molar-refractivity contribution in [1.82, 2.24) is 0 Å². The van der Waals surface area contributed by atoms with E-state index in [1.165, 1.54) is 0 Å². The van der Waals surface area contributed by atoms with E-state index in [4.69, 9.17) is 0 Å². The molecule has 0 aliphatic carbocycles. The van der Waals surface area contributed by atoms with Gasteiger partial charge >= 0.3 is 41.0 Å². The Balaban J connectivity index is -0.000000405. The van der Waals surface area contributed by atoms with Crippen LogP contribution in [0.2, 0.25) is 0 Å². The first-order valence-corrected chi connectivity index (χ1v) is 4.46. The zero-order chi connectivity index (χ0) is 7.82. The SMILES string of the molecule is CCCCCCOS(=O)F.[H-].[Na+]. The second-order valence-electron chi connectivity index (χ2n) is 2.08. The second kappa shape index (κ2) is 11.0. The van der Waals surface area contributed by atoms with Gasteiger partial charge in [-0.05, 0) is 6.42 Å². The van der Waals surface area contributed by atoms with Gasteiger partial charge in [0.15, 0.2) is 0 Å². The van der Waals surface area contributed by atoms with Crippen LogP contribution in [0.1, 0.15) is 34.0 Å². The molecule has 0 saturated heterocycles. The van der Waals surface area contributed by atoms with Crippen molar-refractivity contribution in [3.63, 3.8) is 0 Å². The molecule has 0 bridgehead atoms. The molecule has 0 amide bonds. The van der Waals surface area contributed by atoms with Crippen molar-refractivity contribution in [1.29, 1.82) is 0 Å². The summed E-state index contributed by atoms with van der Waals surface area (Å²) in [6, 6.07) is 0. The zero-order valence-electron chi connectivity index (χ0n) is 8.14. The van der Waals surface area contributed by atoms with Crippen LogP contribution in [-0.4, -0.2) is 10.8 Å². The molecule has 5 heteroatoms. The summed E-state index contributed by atoms with van der Waals surface area (Å²) in [5, 5.41) is 0. The average Bonchev–Trinajstić information content (AvgIpc) is 1.87. The number of hydrogen-bond donors (Lipinski definition) is 0. The molecule has 0 rings (SSSR count). The molecule has 0 spiro atoms. The maximum Gasteiger partial charge on any atom is 1.00 e. The topological polar surface area (TPSA) is 26.3 Å². The minimum Gasteiger partial charge on any atom is -1.00 e. The van der Waals surface area contributed by atoms with E-state index in [0.717, 1.165) is 25.7 Å². The van der Waals surface area contributed by atoms with Crippen molar-refractivity contribution in [3.8, 4) is 0 Å². The third-order valence-electron chi connectivity index (χ3n) is 1.17. The van der Waals surface area contributed by atoms with E-state index in [1.807, 2.05) is 0 Å². The van der Waals surface area contributed by atoms with Crippen LogP contribution in [0.25, 0.3) is 0 Å². The van der Waals surface area contributed by atoms with Crippen LogP contribution in [0.5, 0.6) is 0 Å². The van der Waals surface area contributed by atoms with Crippen molar-refractivity contribution < 1.29 is 43.3 Å². The van der Waals surface area contributed by atoms with Crippen LogP contribution in [0, 0.1) is 0 Å². The Kier molecular flexibility index (Phi) is 14.6. The average molecular weight is 192 g/mol. The van der Waals surface area contributed by atoms with E-state index >= 15 is 0 Å². The number of hydrogen-bond acceptors (Lipinski definition) is 2. The molecule has 0 aromatic carbocycles. The maximum atomic E-state index is 11.5. The molecule has 0 N–H and O–H groups in total. The fourth-order valence-corrected chi connectivity index (χ4v) is 0.902. The Hall–Kier alpha value is 1.04. The first kappa shape index (κ1) is 14.6. The van der Waals surface area contributed by atoms with Crippen LogP contribution in [0.3, 0.4) is 0 Å². The fraction of sp³-hybridized carbons (Fsp3) is 1.00. The van der Waals surface area contributed by atoms with Gasteiger partial charge in [-0.2, -0.15) is 4.21 Å². The van der Waals surface area contributed by atoms with Crippen LogP contribution in [0.15, 0.2) is 0 Å². The van der Waals surface area contributed by atoms with E-state index in [0.29, 0.717) is 0 Å². The van der Waals surface area contributed by atoms with Crippen molar-refractivity contribution in [2.45, 2.75) is 32.6 Å². The molecular weight excluding hydrogens is 178 g/mol. The Labute approximate surface area is 93.6 Å². The molecule has 1 atom stereocenters. The van der Waals surface area contributed by atoms with Gasteiger partial charge in [-0.1, -0.05) is 26.2 Å². The van der Waals surface area contributed by atoms with Crippen LogP contribution < -0.4 is 29.6 Å². The van der Waals surface area contributed by atoms with Crippen LogP contribution in [0.4, 0.5) is 3.89 Å². The van der Waals surface area contributed by atoms with Crippen molar-refractivity contribution in [3.05, 3.63) is 0 Å². The van der Waals surface area contributed by atoms with Gasteiger partial charge in [0.05, 0.1) is 6.61 Å². The molecule has 0 aromatic rings. The summed E-state index contributed by atoms with van der Waals surface area (Å²) in [4.78, 5) is 0. The smallest absolute Gasteiger partial charge is 1.00 e. The third kappa shape index (κ3) is 14.0. The van der Waals surface area contributed by atoms with Gasteiger partial charge in [0, 0.05) is 0 Å². The molecule has 1 unspecified atom stereocenters. The van der Waals surface area contributed by atoms with Gasteiger partial charge < -0.3 is 1.43 Å². The summed E-state index contributed by atoms with van der Waals surface area (Å²) >= 11 is -2.57. The Morgan fingerprint density at radius 3 is 2.55 bits per heavy atom. The Bertz CT molecular complexity index is 108. The van der Waals surface area contributed by atoms with Gasteiger partial charge in [0.2, 0.25) is 0 Å². The predicted octanol–water partition coefficient (Wildman–Crippen LogP) is -0.752. The predicted molar refractivity (Wildman–Crippen MR) is 40.5 cm³/mol. The maximum absolute atomic E-state index is 11.5. The first-order valence-electron chi connectivity index (χ1n) is 3.48. The monoisotopic (exact) mass is 192 g/mol. The Morgan fingerprint density at radius 1 is 1.45 bits per heavy atom. The molecule has 0 aromatic heterocycles. The minimum absolute atomic E-state index is 0. The summed E-state index contributed by atoms with van der Waals surface area (Å²) < 4.78 is 25.4. The first-order chi connectivity index (χ1) is 4.77. The molecule has 64 valence electrons. The van der Waals surface area contributed by atoms with Gasteiger partial charge in [0.1, 0.15) is 0 Å². The summed E-state index contributed by atoms with van der Waals surface area (Å²) in [5.74, 6) is 0. The summed E-state index contributed by atoms with van der Waals surface area (Å²) in [7, 11) is 0. The van der Waals surface area contributed by atoms with Gasteiger partial charge in [-0.15, -0.1) is 3.89 Å². The fourth-order valence-electron chi connectivity index (χ4n) is 0.653. The molecule has 0 aliphatic rings. The molecule has 2 nitrogen and oxygen atoms in total. The number of rotatable bonds is 6. The van der Waals surface area contributed by atoms with E-state index in [-0.39, 0.29) is 37.6 Å². The van der Waals surface area contributed by atoms with E-state index in [1.54, 1.807) is 0 Å². The standard InChI is InChI=1S/C6H13FO2S.Na.H/c1-2-3-4-5-6-9-10(7)8;;/h2-6H2,1H3;;/q;+1;-1. The summed E-state index contributed by atoms with van der Waals surface area (Å²) in [6.45, 7) is 2.36. The minimum atomic E-state index is -2.57. The van der Waals surface area contributed by atoms with Crippen LogP contribution >= 0.6 is 0 Å². The second-order valence-corrected chi connectivity index (χ2v) is 2.70. The van der Waals surface area contributed by atoms with Gasteiger partial charge in [-0.25, -0.2) is 0 Å². The molecule has 0 fully saturated rings. The quantitative estimate of drug-likeness (QED) is 0.314. The van der Waals surface area contributed by atoms with Crippen LogP contribution in [-0.2, 0) is 15.6 Å². The van der Waals surface area contributed by atoms with Crippen molar-refractivity contribution in [2.75, 3.05) is 6.61 Å². The molecule has 0 radical (unpaired) electrons. The normalized spacial score (nSPS) is 12.2. The van der Waals surface area contributed by atoms with E-state index in [9.17, 15) is 8.09 Å². The van der Waals surface area contributed by atoms with Gasteiger partial charge in [-0.3, -0.25) is 4.18 Å². The molecule has 0 aliphatic heterocycles. The van der Waals surface area contributed by atoms with Crippen molar-refractivity contribution in [2.24, 2.45) is 0 Å². The summed E-state index contributed by atoms with van der Waals surface area (Å²) in [5.41, 5.74) is 0. The van der Waals surface area contributed by atoms with E-state index < -0.39 is 11.5 Å². The molecule has 0 heterocycles. The molecule has 11 heavy (non-hydrogen) atoms. The Morgan fingerprint density at radius 2 is 2.09 bits per heavy atom. The largest absolute Gasteiger partial charge is 1.00 e. The van der Waals surface area contributed by atoms with Gasteiger partial charge in [0.25, 0.3) is 0 Å². The summed E-state index contributed by atoms with van der Waals surface area (Å²) in [6.07, 6.45) is 4.08. The zero-order valence-corrected chi connectivity index (χ0v) is 9.95. The third-order valence-corrected chi connectivity index (χ3v) is 1.53. The van der Waals surface area contributed by atoms with Crippen molar-refractivity contribution >= 4 is 11.5 Å². The number of halogens is 1. The molecule has 0 saturated carbocycles. The molecular formula is C6H14FNaO2S. The van der Waals surface area contributed by atoms with E-state index in [2.05, 4.69) is 11.1 Å². The number of unbranched alkanes of at least 4 members (excludes halogenated alkanes) is 3.